The Kier molecular flexibility index (Phi) is 6.04. The maximum Gasteiger partial charge on any atom is 0.264 e. The maximum absolute atomic E-state index is 12.3. The quantitative estimate of drug-likeness (QED) is 0.606. The molecule has 0 bridgehead atoms. The van der Waals surface area contributed by atoms with Crippen LogP contribution in [0.2, 0.25) is 4.34 Å². The van der Waals surface area contributed by atoms with E-state index in [1.165, 1.54) is 48.0 Å². The first-order chi connectivity index (χ1) is 12.9. The average Bonchev–Trinajstić information content (AvgIpc) is 3.06. The minimum atomic E-state index is -3.80. The molecule has 7 nitrogen and oxygen atoms in total. The van der Waals surface area contributed by atoms with Crippen LogP contribution < -0.4 is 10.0 Å². The van der Waals surface area contributed by atoms with E-state index in [1.807, 2.05) is 6.07 Å². The molecular weight excluding hydrogens is 408 g/mol. The summed E-state index contributed by atoms with van der Waals surface area (Å²) < 4.78 is 27.6. The van der Waals surface area contributed by atoms with Gasteiger partial charge in [0.15, 0.2) is 0 Å². The third-order valence-corrected chi connectivity index (χ3v) is 6.10. The van der Waals surface area contributed by atoms with E-state index >= 15 is 0 Å². The van der Waals surface area contributed by atoms with Gasteiger partial charge in [-0.3, -0.25) is 4.79 Å². The van der Waals surface area contributed by atoms with Crippen molar-refractivity contribution < 1.29 is 13.2 Å². The Morgan fingerprint density at radius 3 is 2.41 bits per heavy atom. The zero-order valence-corrected chi connectivity index (χ0v) is 16.3. The van der Waals surface area contributed by atoms with Gasteiger partial charge < -0.3 is 5.32 Å². The summed E-state index contributed by atoms with van der Waals surface area (Å²) in [4.78, 5) is 20.8. The molecule has 1 amide bonds. The fraction of sp³-hybridized carbons (Fsp3) is 0.118. The number of thiophene rings is 1. The van der Waals surface area contributed by atoms with Crippen LogP contribution in [0.1, 0.15) is 11.3 Å². The van der Waals surface area contributed by atoms with Crippen molar-refractivity contribution in [1.82, 2.24) is 9.97 Å². The Morgan fingerprint density at radius 2 is 1.78 bits per heavy atom. The van der Waals surface area contributed by atoms with Gasteiger partial charge in [0.2, 0.25) is 11.9 Å². The molecule has 0 atom stereocenters. The number of amides is 1. The number of benzene rings is 1. The molecule has 3 aromatic rings. The normalized spacial score (nSPS) is 11.1. The number of hydrogen-bond acceptors (Lipinski definition) is 6. The van der Waals surface area contributed by atoms with Crippen molar-refractivity contribution in [1.29, 1.82) is 0 Å². The molecule has 2 heterocycles. The first kappa shape index (κ1) is 19.3. The molecular formula is C17H15ClN4O3S2. The standard InChI is InChI=1S/C17H15ClN4O3S2/c18-15-8-4-13(26-15)5-9-16(23)21-12-2-6-14(7-3-12)27(24,25)22-17-19-10-1-11-20-17/h1-4,6-8,10-11H,5,9H2,(H,21,23)(H,19,20,22). The number of hydrogen-bond donors (Lipinski definition) is 2. The molecule has 0 spiro atoms. The molecule has 0 aliphatic carbocycles. The molecule has 2 aromatic heterocycles. The third kappa shape index (κ3) is 5.49. The summed E-state index contributed by atoms with van der Waals surface area (Å²) in [5.41, 5.74) is 0.513. The number of halogens is 1. The van der Waals surface area contributed by atoms with Gasteiger partial charge in [0, 0.05) is 29.4 Å². The second-order valence-electron chi connectivity index (χ2n) is 5.46. The number of carbonyl (C=O) groups excluding carboxylic acids is 1. The SMILES string of the molecule is O=C(CCc1ccc(Cl)s1)Nc1ccc(S(=O)(=O)Nc2ncccn2)cc1. The van der Waals surface area contributed by atoms with Gasteiger partial charge in [0.1, 0.15) is 0 Å². The fourth-order valence-electron chi connectivity index (χ4n) is 2.19. The van der Waals surface area contributed by atoms with Crippen molar-refractivity contribution in [3.63, 3.8) is 0 Å². The maximum atomic E-state index is 12.3. The zero-order valence-electron chi connectivity index (χ0n) is 13.9. The van der Waals surface area contributed by atoms with Crippen molar-refractivity contribution in [2.75, 3.05) is 10.0 Å². The molecule has 0 aliphatic heterocycles. The molecule has 0 unspecified atom stereocenters. The predicted molar refractivity (Wildman–Crippen MR) is 106 cm³/mol. The molecule has 0 fully saturated rings. The molecule has 0 saturated heterocycles. The molecule has 0 saturated carbocycles. The van der Waals surface area contributed by atoms with Gasteiger partial charge in [-0.25, -0.2) is 23.1 Å². The highest BCUT2D eigenvalue weighted by molar-refractivity contribution is 7.92. The lowest BCUT2D eigenvalue weighted by Gasteiger charge is -2.08. The lowest BCUT2D eigenvalue weighted by molar-refractivity contribution is -0.116. The number of nitrogens with one attached hydrogen (secondary N) is 2. The van der Waals surface area contributed by atoms with E-state index in [2.05, 4.69) is 20.0 Å². The number of carbonyl (C=O) groups is 1. The van der Waals surface area contributed by atoms with Crippen molar-refractivity contribution in [3.8, 4) is 0 Å². The topological polar surface area (TPSA) is 101 Å². The van der Waals surface area contributed by atoms with Crippen LogP contribution in [-0.4, -0.2) is 24.3 Å². The highest BCUT2D eigenvalue weighted by atomic mass is 35.5. The predicted octanol–water partition coefficient (Wildman–Crippen LogP) is 3.56. The molecule has 10 heteroatoms. The number of nitrogens with zero attached hydrogens (tertiary/aromatic N) is 2. The molecule has 2 N–H and O–H groups in total. The summed E-state index contributed by atoms with van der Waals surface area (Å²) >= 11 is 7.31. The fourth-order valence-corrected chi connectivity index (χ4v) is 4.24. The molecule has 0 radical (unpaired) electrons. The Labute approximate surface area is 165 Å². The van der Waals surface area contributed by atoms with Crippen LogP contribution in [0.3, 0.4) is 0 Å². The summed E-state index contributed by atoms with van der Waals surface area (Å²) in [6.45, 7) is 0. The number of rotatable bonds is 7. The number of aromatic nitrogens is 2. The van der Waals surface area contributed by atoms with E-state index < -0.39 is 10.0 Å². The van der Waals surface area contributed by atoms with Gasteiger partial charge in [-0.15, -0.1) is 11.3 Å². The van der Waals surface area contributed by atoms with Gasteiger partial charge in [0.05, 0.1) is 9.23 Å². The van der Waals surface area contributed by atoms with Crippen LogP contribution in [0.25, 0.3) is 0 Å². The molecule has 140 valence electrons. The molecule has 3 rings (SSSR count). The van der Waals surface area contributed by atoms with Gasteiger partial charge in [0.25, 0.3) is 10.0 Å². The van der Waals surface area contributed by atoms with Gasteiger partial charge in [-0.1, -0.05) is 11.6 Å². The number of anilines is 2. The van der Waals surface area contributed by atoms with Crippen LogP contribution in [0, 0.1) is 0 Å². The summed E-state index contributed by atoms with van der Waals surface area (Å²) in [5.74, 6) is -0.172. The van der Waals surface area contributed by atoms with Gasteiger partial charge >= 0.3 is 0 Å². The van der Waals surface area contributed by atoms with Crippen LogP contribution in [0.15, 0.2) is 59.8 Å². The van der Waals surface area contributed by atoms with Crippen molar-refractivity contribution in [3.05, 3.63) is 64.1 Å². The number of aryl methyl sites for hydroxylation is 1. The van der Waals surface area contributed by atoms with Crippen LogP contribution in [0.4, 0.5) is 11.6 Å². The summed E-state index contributed by atoms with van der Waals surface area (Å²) in [7, 11) is -3.80. The Hall–Kier alpha value is -2.49. The Balaban J connectivity index is 1.58. The smallest absolute Gasteiger partial charge is 0.264 e. The largest absolute Gasteiger partial charge is 0.326 e. The average molecular weight is 423 g/mol. The van der Waals surface area contributed by atoms with E-state index in [0.717, 1.165) is 4.88 Å². The second kappa shape index (κ2) is 8.47. The first-order valence-electron chi connectivity index (χ1n) is 7.86. The van der Waals surface area contributed by atoms with Crippen molar-refractivity contribution >= 4 is 50.5 Å². The number of sulfonamides is 1. The second-order valence-corrected chi connectivity index (χ2v) is 8.94. The van der Waals surface area contributed by atoms with Gasteiger partial charge in [-0.2, -0.15) is 0 Å². The molecule has 0 aliphatic rings. The van der Waals surface area contributed by atoms with E-state index in [-0.39, 0.29) is 16.8 Å². The summed E-state index contributed by atoms with van der Waals surface area (Å²) in [6.07, 6.45) is 3.78. The lowest BCUT2D eigenvalue weighted by Crippen LogP contribution is -2.15. The minimum absolute atomic E-state index is 0.0106. The lowest BCUT2D eigenvalue weighted by atomic mass is 10.2. The van der Waals surface area contributed by atoms with Crippen LogP contribution in [0.5, 0.6) is 0 Å². The summed E-state index contributed by atoms with van der Waals surface area (Å²) in [5, 5.41) is 2.74. The highest BCUT2D eigenvalue weighted by Crippen LogP contribution is 2.23. The first-order valence-corrected chi connectivity index (χ1v) is 10.5. The summed E-state index contributed by atoms with van der Waals surface area (Å²) in [6, 6.07) is 11.1. The van der Waals surface area contributed by atoms with Crippen LogP contribution in [-0.2, 0) is 21.2 Å². The Morgan fingerprint density at radius 1 is 1.07 bits per heavy atom. The van der Waals surface area contributed by atoms with E-state index in [9.17, 15) is 13.2 Å². The Bertz CT molecular complexity index is 1020. The minimum Gasteiger partial charge on any atom is -0.326 e. The molecule has 1 aromatic carbocycles. The highest BCUT2D eigenvalue weighted by Gasteiger charge is 2.15. The van der Waals surface area contributed by atoms with Crippen molar-refractivity contribution in [2.24, 2.45) is 0 Å². The monoisotopic (exact) mass is 422 g/mol. The third-order valence-electron chi connectivity index (χ3n) is 3.47. The van der Waals surface area contributed by atoms with E-state index in [4.69, 9.17) is 11.6 Å². The van der Waals surface area contributed by atoms with Gasteiger partial charge in [-0.05, 0) is 48.9 Å². The van der Waals surface area contributed by atoms with E-state index in [1.54, 1.807) is 12.1 Å². The zero-order chi connectivity index (χ0) is 19.3. The van der Waals surface area contributed by atoms with E-state index in [0.29, 0.717) is 22.9 Å². The molecule has 27 heavy (non-hydrogen) atoms. The van der Waals surface area contributed by atoms with Crippen molar-refractivity contribution in [2.45, 2.75) is 17.7 Å². The van der Waals surface area contributed by atoms with Crippen LogP contribution >= 0.6 is 22.9 Å².